The second kappa shape index (κ2) is 7.68. The molecule has 0 saturated carbocycles. The molecule has 1 aromatic rings. The lowest BCUT2D eigenvalue weighted by atomic mass is 10.1. The zero-order valence-electron chi connectivity index (χ0n) is 14.6. The van der Waals surface area contributed by atoms with E-state index in [1.807, 2.05) is 0 Å². The number of carbonyl (C=O) groups excluding carboxylic acids is 1. The molecule has 0 amide bonds. The van der Waals surface area contributed by atoms with Gasteiger partial charge in [-0.1, -0.05) is 0 Å². The number of aromatic nitrogens is 2. The smallest absolute Gasteiger partial charge is 0.255 e. The number of nitrogens with zero attached hydrogens (tertiary/aromatic N) is 1. The molecule has 1 saturated heterocycles. The summed E-state index contributed by atoms with van der Waals surface area (Å²) in [6.45, 7) is 4.29. The summed E-state index contributed by atoms with van der Waals surface area (Å²) in [7, 11) is 0. The predicted molar refractivity (Wildman–Crippen MR) is 102 cm³/mol. The Balaban J connectivity index is 2.29. The van der Waals surface area contributed by atoms with Crippen molar-refractivity contribution in [1.82, 2.24) is 9.55 Å². The van der Waals surface area contributed by atoms with Crippen molar-refractivity contribution in [2.75, 3.05) is 19.5 Å². The first kappa shape index (κ1) is 20.3. The second-order valence-electron chi connectivity index (χ2n) is 7.19. The maximum atomic E-state index is 11.9. The van der Waals surface area contributed by atoms with Crippen molar-refractivity contribution in [3.8, 4) is 0 Å². The highest BCUT2D eigenvalue weighted by molar-refractivity contribution is 7.72. The number of ketones is 1. The summed E-state index contributed by atoms with van der Waals surface area (Å²) in [6.07, 6.45) is 3.22. The van der Waals surface area contributed by atoms with Gasteiger partial charge in [0, 0.05) is 18.2 Å². The van der Waals surface area contributed by atoms with Crippen molar-refractivity contribution in [2.24, 2.45) is 0 Å². The van der Waals surface area contributed by atoms with Crippen LogP contribution < -0.4 is 5.56 Å². The fourth-order valence-electron chi connectivity index (χ4n) is 2.78. The van der Waals surface area contributed by atoms with Gasteiger partial charge >= 0.3 is 0 Å². The van der Waals surface area contributed by atoms with Gasteiger partial charge in [-0.05, 0) is 45.1 Å². The minimum atomic E-state index is -1.28. The van der Waals surface area contributed by atoms with E-state index < -0.39 is 37.0 Å². The first-order valence-electron chi connectivity index (χ1n) is 8.02. The lowest BCUT2D eigenvalue weighted by Gasteiger charge is -2.19. The molecule has 1 aromatic heterocycles. The van der Waals surface area contributed by atoms with Crippen molar-refractivity contribution in [3.05, 3.63) is 26.9 Å². The fourth-order valence-corrected chi connectivity index (χ4v) is 3.99. The molecule has 2 heterocycles. The zero-order chi connectivity index (χ0) is 18.9. The van der Waals surface area contributed by atoms with E-state index in [2.05, 4.69) is 24.6 Å². The van der Waals surface area contributed by atoms with E-state index in [1.165, 1.54) is 17.7 Å². The summed E-state index contributed by atoms with van der Waals surface area (Å²) in [5.74, 6) is -0.165. The summed E-state index contributed by atoms with van der Waals surface area (Å²) >= 11 is 5.15. The summed E-state index contributed by atoms with van der Waals surface area (Å²) in [5.41, 5.74) is -0.204. The minimum absolute atomic E-state index is 0.0417. The van der Waals surface area contributed by atoms with Crippen molar-refractivity contribution in [3.63, 3.8) is 0 Å². The first-order valence-corrected chi connectivity index (χ1v) is 11.5. The third kappa shape index (κ3) is 4.99. The minimum Gasteiger partial charge on any atom is -0.388 e. The van der Waals surface area contributed by atoms with Crippen molar-refractivity contribution in [2.45, 2.75) is 44.3 Å². The van der Waals surface area contributed by atoms with Gasteiger partial charge in [0.05, 0.1) is 6.10 Å². The van der Waals surface area contributed by atoms with E-state index in [0.717, 1.165) is 6.16 Å². The van der Waals surface area contributed by atoms with E-state index >= 15 is 0 Å². The second-order valence-corrected chi connectivity index (χ2v) is 11.9. The summed E-state index contributed by atoms with van der Waals surface area (Å²) in [4.78, 5) is 25.7. The standard InChI is InChI=1S/C16H25N2O5PS/c1-9(19)7-10-8-18(16(25)17-14(10)22)15-13(21)12(20)11(23-15)5-6-24(2,3)4/h8,11-13,15,20-21H,2,5-7H2,1,3-4H3,(H,17,22,25)/t11-,12-,13?,15-/m1/s1. The average Bonchev–Trinajstić information content (AvgIpc) is 2.75. The Hall–Kier alpha value is -1.05. The number of aliphatic hydroxyl groups is 2. The van der Waals surface area contributed by atoms with E-state index in [0.29, 0.717) is 6.42 Å². The lowest BCUT2D eigenvalue weighted by molar-refractivity contribution is -0.116. The number of aromatic amines is 1. The predicted octanol–water partition coefficient (Wildman–Crippen LogP) is 0.756. The van der Waals surface area contributed by atoms with E-state index in [1.54, 1.807) is 0 Å². The van der Waals surface area contributed by atoms with Crippen LogP contribution in [0.5, 0.6) is 0 Å². The summed E-state index contributed by atoms with van der Waals surface area (Å²) in [5, 5.41) is 20.7. The largest absolute Gasteiger partial charge is 0.388 e. The molecule has 0 radical (unpaired) electrons. The van der Waals surface area contributed by atoms with Crippen LogP contribution >= 0.6 is 19.1 Å². The van der Waals surface area contributed by atoms with Crippen LogP contribution in [-0.4, -0.2) is 69.7 Å². The molecule has 0 spiro atoms. The third-order valence-corrected chi connectivity index (χ3v) is 5.89. The maximum absolute atomic E-state index is 11.9. The molecule has 1 unspecified atom stereocenters. The van der Waals surface area contributed by atoms with Crippen LogP contribution in [0.2, 0.25) is 0 Å². The third-order valence-electron chi connectivity index (χ3n) is 4.11. The Labute approximate surface area is 151 Å². The quantitative estimate of drug-likeness (QED) is 0.491. The van der Waals surface area contributed by atoms with Gasteiger partial charge in [-0.2, -0.15) is 0 Å². The van der Waals surface area contributed by atoms with Gasteiger partial charge in [0.25, 0.3) is 5.56 Å². The number of hydrogen-bond donors (Lipinski definition) is 3. The molecule has 140 valence electrons. The number of nitrogens with one attached hydrogen (secondary N) is 1. The molecule has 0 aromatic carbocycles. The highest BCUT2D eigenvalue weighted by atomic mass is 32.1. The molecule has 7 nitrogen and oxygen atoms in total. The lowest BCUT2D eigenvalue weighted by Crippen LogP contribution is -2.32. The Morgan fingerprint density at radius 3 is 2.64 bits per heavy atom. The highest BCUT2D eigenvalue weighted by Gasteiger charge is 2.43. The average molecular weight is 388 g/mol. The van der Waals surface area contributed by atoms with Crippen molar-refractivity contribution in [1.29, 1.82) is 0 Å². The van der Waals surface area contributed by atoms with E-state index in [4.69, 9.17) is 17.0 Å². The molecular formula is C16H25N2O5PS. The number of Topliss-reactive ketones (excluding diaryl/α,β-unsaturated/α-hetero) is 1. The number of rotatable bonds is 6. The molecule has 3 N–H and O–H groups in total. The van der Waals surface area contributed by atoms with Gasteiger partial charge in [-0.3, -0.25) is 19.1 Å². The number of H-pyrrole nitrogens is 1. The van der Waals surface area contributed by atoms with Crippen LogP contribution in [-0.2, 0) is 16.0 Å². The van der Waals surface area contributed by atoms with Crippen molar-refractivity contribution >= 4 is 31.2 Å². The van der Waals surface area contributed by atoms with Gasteiger partial charge in [0.1, 0.15) is 18.0 Å². The van der Waals surface area contributed by atoms with Crippen molar-refractivity contribution < 1.29 is 19.7 Å². The Morgan fingerprint density at radius 2 is 2.08 bits per heavy atom. The van der Waals surface area contributed by atoms with Gasteiger partial charge in [0.15, 0.2) is 11.0 Å². The van der Waals surface area contributed by atoms with Crippen LogP contribution in [0, 0.1) is 4.77 Å². The fraction of sp³-hybridized carbons (Fsp3) is 0.625. The van der Waals surface area contributed by atoms with Gasteiger partial charge < -0.3 is 14.9 Å². The molecule has 9 heteroatoms. The summed E-state index contributed by atoms with van der Waals surface area (Å²) in [6, 6.07) is 0. The molecule has 25 heavy (non-hydrogen) atoms. The Morgan fingerprint density at radius 1 is 1.44 bits per heavy atom. The molecule has 1 aliphatic heterocycles. The molecule has 0 aliphatic carbocycles. The number of hydrogen-bond acceptors (Lipinski definition) is 6. The van der Waals surface area contributed by atoms with Crippen LogP contribution in [0.3, 0.4) is 0 Å². The normalized spacial score (nSPS) is 26.8. The number of aliphatic hydroxyl groups excluding tert-OH is 2. The SMILES string of the molecule is C=P(C)(C)CC[C@H]1O[C@@H](n2cc(CC(C)=O)c(=O)[nH]c2=S)C(O)[C@@H]1O. The monoisotopic (exact) mass is 388 g/mol. The highest BCUT2D eigenvalue weighted by Crippen LogP contribution is 2.39. The maximum Gasteiger partial charge on any atom is 0.255 e. The van der Waals surface area contributed by atoms with Crippen LogP contribution in [0.15, 0.2) is 11.0 Å². The number of ether oxygens (including phenoxy) is 1. The topological polar surface area (TPSA) is 105 Å². The van der Waals surface area contributed by atoms with Crippen LogP contribution in [0.4, 0.5) is 0 Å². The molecule has 0 bridgehead atoms. The van der Waals surface area contributed by atoms with Crippen LogP contribution in [0.1, 0.15) is 25.1 Å². The van der Waals surface area contributed by atoms with Crippen LogP contribution in [0.25, 0.3) is 0 Å². The Kier molecular flexibility index (Phi) is 6.22. The first-order chi connectivity index (χ1) is 11.5. The van der Waals surface area contributed by atoms with Gasteiger partial charge in [0.2, 0.25) is 0 Å². The number of carbonyl (C=O) groups is 1. The van der Waals surface area contributed by atoms with E-state index in [-0.39, 0.29) is 22.5 Å². The molecule has 1 aliphatic rings. The molecule has 1 fully saturated rings. The van der Waals surface area contributed by atoms with Gasteiger partial charge in [-0.15, -0.1) is 13.2 Å². The van der Waals surface area contributed by atoms with E-state index in [9.17, 15) is 19.8 Å². The molecule has 2 rings (SSSR count). The molecule has 4 atom stereocenters. The zero-order valence-corrected chi connectivity index (χ0v) is 16.3. The summed E-state index contributed by atoms with van der Waals surface area (Å²) < 4.78 is 7.29. The van der Waals surface area contributed by atoms with Gasteiger partial charge in [-0.25, -0.2) is 0 Å². The Bertz CT molecular complexity index is 811. The molecular weight excluding hydrogens is 363 g/mol.